The predicted molar refractivity (Wildman–Crippen MR) is 135 cm³/mol. The molecule has 1 aliphatic rings. The summed E-state index contributed by atoms with van der Waals surface area (Å²) in [6, 6.07) is 15.3. The van der Waals surface area contributed by atoms with Gasteiger partial charge in [0.1, 0.15) is 11.9 Å². The van der Waals surface area contributed by atoms with Crippen molar-refractivity contribution in [3.63, 3.8) is 0 Å². The van der Waals surface area contributed by atoms with Crippen molar-refractivity contribution < 1.29 is 18.8 Å². The Balaban J connectivity index is 1.68. The van der Waals surface area contributed by atoms with E-state index in [0.717, 1.165) is 31.2 Å². The van der Waals surface area contributed by atoms with Gasteiger partial charge in [-0.1, -0.05) is 43.2 Å². The molecule has 1 aromatic heterocycles. The summed E-state index contributed by atoms with van der Waals surface area (Å²) in [6.45, 7) is 1.61. The number of hydrogen-bond acceptors (Lipinski definition) is 4. The van der Waals surface area contributed by atoms with Crippen molar-refractivity contribution in [3.05, 3.63) is 87.9 Å². The highest BCUT2D eigenvalue weighted by molar-refractivity contribution is 7.12. The molecule has 3 amide bonds. The summed E-state index contributed by atoms with van der Waals surface area (Å²) in [4.78, 5) is 41.6. The molecule has 8 heteroatoms. The number of hydrogen-bond donors (Lipinski definition) is 2. The summed E-state index contributed by atoms with van der Waals surface area (Å²) in [5, 5.41) is 7.54. The van der Waals surface area contributed by atoms with E-state index in [0.29, 0.717) is 16.1 Å². The lowest BCUT2D eigenvalue weighted by molar-refractivity contribution is -0.126. The molecule has 182 valence electrons. The van der Waals surface area contributed by atoms with E-state index >= 15 is 0 Å². The molecular formula is C27H28FN3O3S. The van der Waals surface area contributed by atoms with Crippen molar-refractivity contribution in [1.29, 1.82) is 0 Å². The van der Waals surface area contributed by atoms with Gasteiger partial charge in [-0.15, -0.1) is 11.3 Å². The minimum Gasteiger partial charge on any atom is -0.351 e. The molecule has 0 unspecified atom stereocenters. The number of thiophene rings is 1. The second kappa shape index (κ2) is 11.3. The minimum atomic E-state index is -1.02. The lowest BCUT2D eigenvalue weighted by Gasteiger charge is -2.32. The highest BCUT2D eigenvalue weighted by Gasteiger charge is 2.34. The average molecular weight is 494 g/mol. The van der Waals surface area contributed by atoms with Gasteiger partial charge in [0.25, 0.3) is 5.91 Å². The van der Waals surface area contributed by atoms with Crippen LogP contribution in [-0.2, 0) is 9.59 Å². The van der Waals surface area contributed by atoms with Gasteiger partial charge in [0.05, 0.1) is 11.4 Å². The molecule has 2 N–H and O–H groups in total. The van der Waals surface area contributed by atoms with Crippen LogP contribution in [0.1, 0.15) is 52.5 Å². The zero-order valence-corrected chi connectivity index (χ0v) is 20.3. The average Bonchev–Trinajstić information content (AvgIpc) is 3.56. The predicted octanol–water partition coefficient (Wildman–Crippen LogP) is 4.76. The van der Waals surface area contributed by atoms with E-state index in [1.807, 2.05) is 25.1 Å². The van der Waals surface area contributed by atoms with Crippen LogP contribution < -0.4 is 15.5 Å². The quantitative estimate of drug-likeness (QED) is 0.475. The standard InChI is InChI=1S/C27H28FN3O3S/c1-18-6-4-9-22(16-18)31(24(32)17-29-26(33)23-10-5-15-35-23)25(19-11-13-20(28)14-12-19)27(34)30-21-7-2-3-8-21/h4-6,9-16,21,25H,2-3,7-8,17H2,1H3,(H,29,33)(H,30,34)/t25-/m0/s1. The Labute approximate surface area is 208 Å². The number of nitrogens with one attached hydrogen (secondary N) is 2. The van der Waals surface area contributed by atoms with Gasteiger partial charge in [-0.05, 0) is 66.6 Å². The Morgan fingerprint density at radius 3 is 2.46 bits per heavy atom. The second-order valence-corrected chi connectivity index (χ2v) is 9.65. The third-order valence-electron chi connectivity index (χ3n) is 6.09. The van der Waals surface area contributed by atoms with Crippen LogP contribution in [0.3, 0.4) is 0 Å². The van der Waals surface area contributed by atoms with Crippen LogP contribution >= 0.6 is 11.3 Å². The summed E-state index contributed by atoms with van der Waals surface area (Å²) in [6.07, 6.45) is 3.86. The van der Waals surface area contributed by atoms with E-state index in [9.17, 15) is 18.8 Å². The number of nitrogens with zero attached hydrogens (tertiary/aromatic N) is 1. The molecule has 1 aliphatic carbocycles. The van der Waals surface area contributed by atoms with Crippen molar-refractivity contribution >= 4 is 34.7 Å². The number of benzene rings is 2. The molecule has 6 nitrogen and oxygen atoms in total. The van der Waals surface area contributed by atoms with E-state index in [1.54, 1.807) is 23.6 Å². The van der Waals surface area contributed by atoms with Crippen LogP contribution in [-0.4, -0.2) is 30.3 Å². The zero-order valence-electron chi connectivity index (χ0n) is 19.5. The van der Waals surface area contributed by atoms with E-state index in [1.165, 1.54) is 40.5 Å². The first-order valence-corrected chi connectivity index (χ1v) is 12.6. The number of anilines is 1. The maximum atomic E-state index is 13.7. The normalized spacial score (nSPS) is 14.3. The Kier molecular flexibility index (Phi) is 7.92. The molecule has 1 saturated carbocycles. The summed E-state index contributed by atoms with van der Waals surface area (Å²) in [5.74, 6) is -1.56. The maximum absolute atomic E-state index is 13.7. The van der Waals surface area contributed by atoms with Gasteiger partial charge in [-0.2, -0.15) is 0 Å². The molecule has 0 radical (unpaired) electrons. The Hall–Kier alpha value is -3.52. The van der Waals surface area contributed by atoms with Crippen molar-refractivity contribution in [3.8, 4) is 0 Å². The molecule has 2 aromatic carbocycles. The number of amides is 3. The monoisotopic (exact) mass is 493 g/mol. The number of carbonyl (C=O) groups excluding carboxylic acids is 3. The van der Waals surface area contributed by atoms with E-state index in [2.05, 4.69) is 10.6 Å². The van der Waals surface area contributed by atoms with Crippen LogP contribution in [0.2, 0.25) is 0 Å². The number of aryl methyl sites for hydroxylation is 1. The number of rotatable bonds is 8. The first-order valence-electron chi connectivity index (χ1n) is 11.7. The van der Waals surface area contributed by atoms with Crippen LogP contribution in [0, 0.1) is 12.7 Å². The van der Waals surface area contributed by atoms with Crippen molar-refractivity contribution in [2.24, 2.45) is 0 Å². The molecule has 0 bridgehead atoms. The van der Waals surface area contributed by atoms with Gasteiger partial charge in [0.2, 0.25) is 11.8 Å². The fourth-order valence-corrected chi connectivity index (χ4v) is 5.00. The topological polar surface area (TPSA) is 78.5 Å². The fourth-order valence-electron chi connectivity index (χ4n) is 4.36. The SMILES string of the molecule is Cc1cccc(N(C(=O)CNC(=O)c2cccs2)[C@H](C(=O)NC2CCCC2)c2ccc(F)cc2)c1. The number of halogens is 1. The molecule has 0 spiro atoms. The zero-order chi connectivity index (χ0) is 24.8. The van der Waals surface area contributed by atoms with Crippen molar-refractivity contribution in [2.75, 3.05) is 11.4 Å². The van der Waals surface area contributed by atoms with Gasteiger partial charge in [0, 0.05) is 11.7 Å². The molecule has 1 atom stereocenters. The third kappa shape index (κ3) is 6.14. The summed E-state index contributed by atoms with van der Waals surface area (Å²) in [5.41, 5.74) is 1.93. The lowest BCUT2D eigenvalue weighted by atomic mass is 10.0. The van der Waals surface area contributed by atoms with E-state index in [4.69, 9.17) is 0 Å². The second-order valence-electron chi connectivity index (χ2n) is 8.71. The fraction of sp³-hybridized carbons (Fsp3) is 0.296. The molecule has 35 heavy (non-hydrogen) atoms. The third-order valence-corrected chi connectivity index (χ3v) is 6.96. The summed E-state index contributed by atoms with van der Waals surface area (Å²) < 4.78 is 13.7. The van der Waals surface area contributed by atoms with Crippen LogP contribution in [0.5, 0.6) is 0 Å². The molecule has 0 aliphatic heterocycles. The van der Waals surface area contributed by atoms with Crippen molar-refractivity contribution in [2.45, 2.75) is 44.7 Å². The maximum Gasteiger partial charge on any atom is 0.261 e. The van der Waals surface area contributed by atoms with E-state index in [-0.39, 0.29) is 24.4 Å². The molecule has 4 rings (SSSR count). The summed E-state index contributed by atoms with van der Waals surface area (Å²) in [7, 11) is 0. The molecule has 1 heterocycles. The molecule has 0 saturated heterocycles. The van der Waals surface area contributed by atoms with Gasteiger partial charge in [-0.25, -0.2) is 4.39 Å². The van der Waals surface area contributed by atoms with Gasteiger partial charge < -0.3 is 10.6 Å². The Morgan fingerprint density at radius 1 is 1.06 bits per heavy atom. The Bertz CT molecular complexity index is 1170. The summed E-state index contributed by atoms with van der Waals surface area (Å²) >= 11 is 1.28. The van der Waals surface area contributed by atoms with Crippen LogP contribution in [0.4, 0.5) is 10.1 Å². The first-order chi connectivity index (χ1) is 16.9. The van der Waals surface area contributed by atoms with Crippen LogP contribution in [0.15, 0.2) is 66.0 Å². The largest absolute Gasteiger partial charge is 0.351 e. The molecule has 1 fully saturated rings. The highest BCUT2D eigenvalue weighted by atomic mass is 32.1. The number of carbonyl (C=O) groups is 3. The molecule has 3 aromatic rings. The minimum absolute atomic E-state index is 0.0402. The first kappa shape index (κ1) is 24.6. The van der Waals surface area contributed by atoms with Crippen molar-refractivity contribution in [1.82, 2.24) is 10.6 Å². The van der Waals surface area contributed by atoms with Gasteiger partial charge >= 0.3 is 0 Å². The highest BCUT2D eigenvalue weighted by Crippen LogP contribution is 2.30. The molecular weight excluding hydrogens is 465 g/mol. The van der Waals surface area contributed by atoms with Gasteiger partial charge in [0.15, 0.2) is 0 Å². The van der Waals surface area contributed by atoms with Gasteiger partial charge in [-0.3, -0.25) is 19.3 Å². The smallest absolute Gasteiger partial charge is 0.261 e. The lowest BCUT2D eigenvalue weighted by Crippen LogP contribution is -2.49. The van der Waals surface area contributed by atoms with Crippen LogP contribution in [0.25, 0.3) is 0 Å². The van der Waals surface area contributed by atoms with E-state index < -0.39 is 17.8 Å². The Morgan fingerprint density at radius 2 is 1.80 bits per heavy atom.